The summed E-state index contributed by atoms with van der Waals surface area (Å²) in [5.74, 6) is 0.705. The van der Waals surface area contributed by atoms with Gasteiger partial charge in [0.2, 0.25) is 6.29 Å². The van der Waals surface area contributed by atoms with Crippen LogP contribution in [0.4, 0.5) is 0 Å². The molecule has 2 atom stereocenters. The molecule has 3 nitrogen and oxygen atoms in total. The van der Waals surface area contributed by atoms with Crippen molar-refractivity contribution in [1.82, 2.24) is 0 Å². The Balaban J connectivity index is 2.51. The van der Waals surface area contributed by atoms with Crippen molar-refractivity contribution in [2.45, 2.75) is 51.9 Å². The van der Waals surface area contributed by atoms with E-state index in [-0.39, 0.29) is 0 Å². The zero-order chi connectivity index (χ0) is 14.1. The van der Waals surface area contributed by atoms with Crippen molar-refractivity contribution in [3.8, 4) is 5.75 Å². The van der Waals surface area contributed by atoms with E-state index in [0.717, 1.165) is 23.7 Å². The van der Waals surface area contributed by atoms with Gasteiger partial charge >= 0.3 is 0 Å². The van der Waals surface area contributed by atoms with E-state index in [1.165, 1.54) is 0 Å². The second kappa shape index (κ2) is 9.34. The number of benzene rings is 1. The molecule has 0 aliphatic rings. The van der Waals surface area contributed by atoms with Crippen LogP contribution < -0.4 is 4.74 Å². The molecule has 0 aliphatic carbocycles. The fraction of sp³-hybridized carbons (Fsp3) is 0.600. The normalized spacial score (nSPS) is 14.1. The van der Waals surface area contributed by atoms with Gasteiger partial charge in [-0.15, -0.1) is 0 Å². The number of hydrogen-bond acceptors (Lipinski definition) is 3. The van der Waals surface area contributed by atoms with E-state index in [9.17, 15) is 5.11 Å². The Kier molecular flexibility index (Phi) is 8.10. The van der Waals surface area contributed by atoms with Gasteiger partial charge in [0.1, 0.15) is 11.9 Å². The lowest BCUT2D eigenvalue weighted by Crippen LogP contribution is -2.34. The molecule has 0 bridgehead atoms. The van der Waals surface area contributed by atoms with Crippen molar-refractivity contribution in [3.63, 3.8) is 0 Å². The van der Waals surface area contributed by atoms with Crippen molar-refractivity contribution in [1.29, 1.82) is 0 Å². The van der Waals surface area contributed by atoms with Crippen LogP contribution in [0.3, 0.4) is 0 Å². The Morgan fingerprint density at radius 1 is 1.16 bits per heavy atom. The van der Waals surface area contributed by atoms with Gasteiger partial charge in [0, 0.05) is 4.47 Å². The number of unbranched alkanes of at least 4 members (excludes halogenated alkanes) is 2. The zero-order valence-corrected chi connectivity index (χ0v) is 13.2. The maximum absolute atomic E-state index is 9.93. The average molecular weight is 331 g/mol. The molecule has 4 heteroatoms. The number of hydrogen-bond donors (Lipinski definition) is 1. The van der Waals surface area contributed by atoms with Crippen molar-refractivity contribution in [2.75, 3.05) is 6.61 Å². The number of aliphatic hydroxyl groups is 1. The fourth-order valence-corrected chi connectivity index (χ4v) is 1.88. The molecule has 19 heavy (non-hydrogen) atoms. The number of rotatable bonds is 9. The number of halogens is 1. The summed E-state index contributed by atoms with van der Waals surface area (Å²) < 4.78 is 12.4. The zero-order valence-electron chi connectivity index (χ0n) is 11.6. The van der Waals surface area contributed by atoms with Gasteiger partial charge in [0.05, 0.1) is 6.61 Å². The summed E-state index contributed by atoms with van der Waals surface area (Å²) in [5.41, 5.74) is 0. The van der Waals surface area contributed by atoms with E-state index in [1.54, 1.807) is 0 Å². The van der Waals surface area contributed by atoms with Gasteiger partial charge in [-0.2, -0.15) is 0 Å². The minimum atomic E-state index is -0.606. The van der Waals surface area contributed by atoms with E-state index in [2.05, 4.69) is 22.9 Å². The third-order valence-corrected chi connectivity index (χ3v) is 3.36. The molecule has 0 spiro atoms. The molecular weight excluding hydrogens is 308 g/mol. The third-order valence-electron chi connectivity index (χ3n) is 2.83. The van der Waals surface area contributed by atoms with Crippen LogP contribution in [0, 0.1) is 0 Å². The van der Waals surface area contributed by atoms with Crippen LogP contribution in [0.2, 0.25) is 0 Å². The first-order chi connectivity index (χ1) is 9.17. The van der Waals surface area contributed by atoms with Crippen molar-refractivity contribution < 1.29 is 14.6 Å². The lowest BCUT2D eigenvalue weighted by atomic mass is 10.2. The topological polar surface area (TPSA) is 38.7 Å². The van der Waals surface area contributed by atoms with Crippen LogP contribution >= 0.6 is 15.9 Å². The van der Waals surface area contributed by atoms with Gasteiger partial charge in [-0.1, -0.05) is 42.6 Å². The minimum absolute atomic E-state index is 0.594. The standard InChI is InChI=1S/C15H23BrO3/c1-3-5-6-11-18-15(14(17)4-2)19-13-9-7-12(16)8-10-13/h7-10,14-15,17H,3-6,11H2,1-2H3. The lowest BCUT2D eigenvalue weighted by molar-refractivity contribution is -0.146. The maximum Gasteiger partial charge on any atom is 0.226 e. The molecule has 1 aromatic rings. The first kappa shape index (κ1) is 16.5. The highest BCUT2D eigenvalue weighted by atomic mass is 79.9. The predicted octanol–water partition coefficient (Wildman–Crippen LogP) is 4.13. The fourth-order valence-electron chi connectivity index (χ4n) is 1.61. The van der Waals surface area contributed by atoms with Crippen LogP contribution in [-0.4, -0.2) is 24.1 Å². The van der Waals surface area contributed by atoms with Crippen LogP contribution in [0.25, 0.3) is 0 Å². The van der Waals surface area contributed by atoms with Crippen LogP contribution in [-0.2, 0) is 4.74 Å². The molecule has 0 aliphatic heterocycles. The monoisotopic (exact) mass is 330 g/mol. The second-order valence-electron chi connectivity index (χ2n) is 4.49. The van der Waals surface area contributed by atoms with E-state index in [0.29, 0.717) is 18.8 Å². The maximum atomic E-state index is 9.93. The van der Waals surface area contributed by atoms with Gasteiger partial charge in [-0.3, -0.25) is 0 Å². The Morgan fingerprint density at radius 2 is 1.84 bits per heavy atom. The lowest BCUT2D eigenvalue weighted by Gasteiger charge is -2.23. The van der Waals surface area contributed by atoms with Crippen LogP contribution in [0.15, 0.2) is 28.7 Å². The summed E-state index contributed by atoms with van der Waals surface area (Å²) in [6.45, 7) is 4.68. The highest BCUT2D eigenvalue weighted by molar-refractivity contribution is 9.10. The largest absolute Gasteiger partial charge is 0.462 e. The highest BCUT2D eigenvalue weighted by Gasteiger charge is 2.20. The summed E-state index contributed by atoms with van der Waals surface area (Å²) in [7, 11) is 0. The van der Waals surface area contributed by atoms with E-state index in [4.69, 9.17) is 9.47 Å². The molecule has 1 rings (SSSR count). The summed E-state index contributed by atoms with van der Waals surface area (Å²) in [6, 6.07) is 7.52. The van der Waals surface area contributed by atoms with Crippen molar-refractivity contribution in [2.24, 2.45) is 0 Å². The number of aliphatic hydroxyl groups excluding tert-OH is 1. The average Bonchev–Trinajstić information content (AvgIpc) is 2.43. The van der Waals surface area contributed by atoms with Gasteiger partial charge in [0.25, 0.3) is 0 Å². The molecule has 1 aromatic carbocycles. The van der Waals surface area contributed by atoms with E-state index >= 15 is 0 Å². The Labute approximate surface area is 124 Å². The molecule has 0 aromatic heterocycles. The molecule has 2 unspecified atom stereocenters. The first-order valence-electron chi connectivity index (χ1n) is 6.89. The molecular formula is C15H23BrO3. The first-order valence-corrected chi connectivity index (χ1v) is 7.68. The second-order valence-corrected chi connectivity index (χ2v) is 5.41. The highest BCUT2D eigenvalue weighted by Crippen LogP contribution is 2.19. The minimum Gasteiger partial charge on any atom is -0.462 e. The smallest absolute Gasteiger partial charge is 0.226 e. The summed E-state index contributed by atoms with van der Waals surface area (Å²) in [6.07, 6.45) is 2.68. The number of ether oxygens (including phenoxy) is 2. The molecule has 0 amide bonds. The Morgan fingerprint density at radius 3 is 2.42 bits per heavy atom. The summed E-state index contributed by atoms with van der Waals surface area (Å²) in [5, 5.41) is 9.93. The molecule has 0 saturated heterocycles. The van der Waals surface area contributed by atoms with Crippen molar-refractivity contribution >= 4 is 15.9 Å². The van der Waals surface area contributed by atoms with Crippen LogP contribution in [0.1, 0.15) is 39.5 Å². The van der Waals surface area contributed by atoms with Crippen molar-refractivity contribution in [3.05, 3.63) is 28.7 Å². The Bertz CT molecular complexity index is 340. The van der Waals surface area contributed by atoms with Crippen LogP contribution in [0.5, 0.6) is 5.75 Å². The van der Waals surface area contributed by atoms with E-state index < -0.39 is 12.4 Å². The molecule has 0 radical (unpaired) electrons. The molecule has 0 saturated carbocycles. The molecule has 0 fully saturated rings. The van der Waals surface area contributed by atoms with Gasteiger partial charge < -0.3 is 14.6 Å². The van der Waals surface area contributed by atoms with Gasteiger partial charge in [-0.25, -0.2) is 0 Å². The Hall–Kier alpha value is -0.580. The van der Waals surface area contributed by atoms with E-state index in [1.807, 2.05) is 31.2 Å². The summed E-state index contributed by atoms with van der Waals surface area (Å²) in [4.78, 5) is 0. The molecule has 1 N–H and O–H groups in total. The third kappa shape index (κ3) is 6.41. The molecule has 0 heterocycles. The van der Waals surface area contributed by atoms with Gasteiger partial charge in [-0.05, 0) is 37.1 Å². The van der Waals surface area contributed by atoms with Gasteiger partial charge in [0.15, 0.2) is 0 Å². The predicted molar refractivity (Wildman–Crippen MR) is 80.3 cm³/mol. The quantitative estimate of drug-likeness (QED) is 0.546. The summed E-state index contributed by atoms with van der Waals surface area (Å²) >= 11 is 3.38. The SMILES string of the molecule is CCCCCOC(Oc1ccc(Br)cc1)C(O)CC. The molecule has 108 valence electrons.